The van der Waals surface area contributed by atoms with Gasteiger partial charge in [-0.15, -0.1) is 0 Å². The number of halogens is 3. The van der Waals surface area contributed by atoms with Crippen LogP contribution in [0.25, 0.3) is 22.0 Å². The van der Waals surface area contributed by atoms with Crippen molar-refractivity contribution >= 4 is 10.9 Å². The van der Waals surface area contributed by atoms with Crippen LogP contribution in [0.1, 0.15) is 5.56 Å². The molecule has 7 heteroatoms. The van der Waals surface area contributed by atoms with E-state index in [2.05, 4.69) is 10.2 Å². The molecule has 2 heterocycles. The molecule has 3 rings (SSSR count). The summed E-state index contributed by atoms with van der Waals surface area (Å²) in [5, 5.41) is 6.91. The van der Waals surface area contributed by atoms with Gasteiger partial charge in [0.2, 0.25) is 5.56 Å². The van der Waals surface area contributed by atoms with E-state index in [0.29, 0.717) is 22.0 Å². The minimum atomic E-state index is -4.45. The number of H-pyrrole nitrogens is 1. The van der Waals surface area contributed by atoms with Crippen LogP contribution < -0.4 is 5.56 Å². The maximum atomic E-state index is 13.0. The van der Waals surface area contributed by atoms with Gasteiger partial charge in [0.15, 0.2) is 0 Å². The molecule has 0 aliphatic rings. The molecule has 21 heavy (non-hydrogen) atoms. The molecule has 0 unspecified atom stereocenters. The van der Waals surface area contributed by atoms with E-state index in [1.807, 2.05) is 0 Å². The molecule has 0 atom stereocenters. The second kappa shape index (κ2) is 4.47. The first-order valence-corrected chi connectivity index (χ1v) is 6.07. The standard InChI is InChI=1S/C14H10F3N3O/c1-20-7-8(2-3-13(20)21)10-4-9(14(15,16)17)5-12-11(10)6-18-19-12/h2-7H,1H3,(H,18,19). The Hall–Kier alpha value is -2.57. The number of fused-ring (bicyclic) bond motifs is 1. The van der Waals surface area contributed by atoms with Gasteiger partial charge in [0.1, 0.15) is 0 Å². The zero-order chi connectivity index (χ0) is 15.2. The first kappa shape index (κ1) is 13.4. The van der Waals surface area contributed by atoms with Crippen LogP contribution in [0, 0.1) is 0 Å². The van der Waals surface area contributed by atoms with Crippen LogP contribution in [0.2, 0.25) is 0 Å². The lowest BCUT2D eigenvalue weighted by Gasteiger charge is -2.11. The summed E-state index contributed by atoms with van der Waals surface area (Å²) in [6.45, 7) is 0. The number of aromatic nitrogens is 3. The Balaban J connectivity index is 2.32. The van der Waals surface area contributed by atoms with Gasteiger partial charge in [-0.25, -0.2) is 0 Å². The minimum Gasteiger partial charge on any atom is -0.318 e. The summed E-state index contributed by atoms with van der Waals surface area (Å²) >= 11 is 0. The maximum Gasteiger partial charge on any atom is 0.416 e. The number of nitrogens with zero attached hydrogens (tertiary/aromatic N) is 2. The Labute approximate surface area is 116 Å². The largest absolute Gasteiger partial charge is 0.416 e. The lowest BCUT2D eigenvalue weighted by Crippen LogP contribution is -2.14. The smallest absolute Gasteiger partial charge is 0.318 e. The summed E-state index contributed by atoms with van der Waals surface area (Å²) in [7, 11) is 1.55. The number of hydrogen-bond acceptors (Lipinski definition) is 2. The summed E-state index contributed by atoms with van der Waals surface area (Å²) < 4.78 is 40.2. The topological polar surface area (TPSA) is 50.7 Å². The van der Waals surface area contributed by atoms with Gasteiger partial charge in [0, 0.05) is 24.7 Å². The Bertz CT molecular complexity index is 877. The molecular weight excluding hydrogens is 283 g/mol. The van der Waals surface area contributed by atoms with E-state index in [4.69, 9.17) is 0 Å². The molecule has 0 bridgehead atoms. The van der Waals surface area contributed by atoms with Crippen molar-refractivity contribution < 1.29 is 13.2 Å². The third-order valence-electron chi connectivity index (χ3n) is 3.28. The Kier molecular flexibility index (Phi) is 2.86. The van der Waals surface area contributed by atoms with E-state index in [0.717, 1.165) is 12.1 Å². The molecule has 0 fully saturated rings. The monoisotopic (exact) mass is 293 g/mol. The number of hydrogen-bond donors (Lipinski definition) is 1. The van der Waals surface area contributed by atoms with Crippen LogP contribution in [0.15, 0.2) is 41.5 Å². The zero-order valence-corrected chi connectivity index (χ0v) is 10.9. The molecule has 2 aromatic heterocycles. The second-order valence-electron chi connectivity index (χ2n) is 4.72. The third-order valence-corrected chi connectivity index (χ3v) is 3.28. The molecule has 1 aromatic carbocycles. The van der Waals surface area contributed by atoms with E-state index in [-0.39, 0.29) is 5.56 Å². The van der Waals surface area contributed by atoms with E-state index in [1.54, 1.807) is 7.05 Å². The van der Waals surface area contributed by atoms with Gasteiger partial charge in [0.25, 0.3) is 0 Å². The van der Waals surface area contributed by atoms with Crippen molar-refractivity contribution in [3.8, 4) is 11.1 Å². The highest BCUT2D eigenvalue weighted by atomic mass is 19.4. The molecule has 108 valence electrons. The fraction of sp³-hybridized carbons (Fsp3) is 0.143. The normalized spacial score (nSPS) is 12.0. The molecule has 0 spiro atoms. The van der Waals surface area contributed by atoms with Gasteiger partial charge in [-0.05, 0) is 29.3 Å². The zero-order valence-electron chi connectivity index (χ0n) is 10.9. The SMILES string of the molecule is Cn1cc(-c2cc(C(F)(F)F)cc3[nH]ncc23)ccc1=O. The fourth-order valence-corrected chi connectivity index (χ4v) is 2.21. The summed E-state index contributed by atoms with van der Waals surface area (Å²) in [6, 6.07) is 4.91. The number of rotatable bonds is 1. The van der Waals surface area contributed by atoms with Crippen molar-refractivity contribution in [1.82, 2.24) is 14.8 Å². The third kappa shape index (κ3) is 2.31. The molecule has 4 nitrogen and oxygen atoms in total. The molecule has 0 saturated heterocycles. The highest BCUT2D eigenvalue weighted by molar-refractivity contribution is 5.94. The number of alkyl halides is 3. The van der Waals surface area contributed by atoms with Crippen molar-refractivity contribution in [1.29, 1.82) is 0 Å². The lowest BCUT2D eigenvalue weighted by atomic mass is 10.00. The van der Waals surface area contributed by atoms with Crippen LogP contribution in [0.4, 0.5) is 13.2 Å². The van der Waals surface area contributed by atoms with Gasteiger partial charge < -0.3 is 4.57 Å². The predicted octanol–water partition coefficient (Wildman–Crippen LogP) is 2.95. The number of aryl methyl sites for hydroxylation is 1. The average Bonchev–Trinajstić information content (AvgIpc) is 2.88. The van der Waals surface area contributed by atoms with Crippen LogP contribution >= 0.6 is 0 Å². The van der Waals surface area contributed by atoms with Crippen molar-refractivity contribution in [3.63, 3.8) is 0 Å². The highest BCUT2D eigenvalue weighted by Gasteiger charge is 2.31. The van der Waals surface area contributed by atoms with Gasteiger partial charge in [0.05, 0.1) is 17.3 Å². The molecule has 3 aromatic rings. The molecule has 0 aliphatic carbocycles. The van der Waals surface area contributed by atoms with Crippen molar-refractivity contribution in [2.24, 2.45) is 7.05 Å². The van der Waals surface area contributed by atoms with E-state index < -0.39 is 11.7 Å². The molecule has 0 amide bonds. The number of benzene rings is 1. The summed E-state index contributed by atoms with van der Waals surface area (Å²) in [4.78, 5) is 11.4. The van der Waals surface area contributed by atoms with Gasteiger partial charge in [-0.1, -0.05) is 0 Å². The number of pyridine rings is 1. The van der Waals surface area contributed by atoms with Crippen molar-refractivity contribution in [2.45, 2.75) is 6.18 Å². The number of nitrogens with one attached hydrogen (secondary N) is 1. The number of aromatic amines is 1. The first-order chi connectivity index (χ1) is 9.86. The summed E-state index contributed by atoms with van der Waals surface area (Å²) in [6.07, 6.45) is -1.48. The Morgan fingerprint density at radius 2 is 2.00 bits per heavy atom. The average molecular weight is 293 g/mol. The molecule has 0 saturated carbocycles. The highest BCUT2D eigenvalue weighted by Crippen LogP contribution is 2.36. The van der Waals surface area contributed by atoms with Crippen LogP contribution in [0.3, 0.4) is 0 Å². The van der Waals surface area contributed by atoms with Gasteiger partial charge in [-0.3, -0.25) is 9.89 Å². The minimum absolute atomic E-state index is 0.228. The molecule has 1 N–H and O–H groups in total. The summed E-state index contributed by atoms with van der Waals surface area (Å²) in [5.41, 5.74) is 0.213. The molecule has 0 radical (unpaired) electrons. The lowest BCUT2D eigenvalue weighted by molar-refractivity contribution is -0.137. The second-order valence-corrected chi connectivity index (χ2v) is 4.72. The fourth-order valence-electron chi connectivity index (χ4n) is 2.21. The van der Waals surface area contributed by atoms with E-state index >= 15 is 0 Å². The summed E-state index contributed by atoms with van der Waals surface area (Å²) in [5.74, 6) is 0. The van der Waals surface area contributed by atoms with Crippen LogP contribution in [0.5, 0.6) is 0 Å². The van der Waals surface area contributed by atoms with E-state index in [9.17, 15) is 18.0 Å². The van der Waals surface area contributed by atoms with Crippen LogP contribution in [-0.4, -0.2) is 14.8 Å². The van der Waals surface area contributed by atoms with Gasteiger partial charge >= 0.3 is 6.18 Å². The Morgan fingerprint density at radius 3 is 2.67 bits per heavy atom. The van der Waals surface area contributed by atoms with Gasteiger partial charge in [-0.2, -0.15) is 18.3 Å². The quantitative estimate of drug-likeness (QED) is 0.750. The maximum absolute atomic E-state index is 13.0. The predicted molar refractivity (Wildman–Crippen MR) is 71.8 cm³/mol. The first-order valence-electron chi connectivity index (χ1n) is 6.07. The molecular formula is C14H10F3N3O. The van der Waals surface area contributed by atoms with Crippen LogP contribution in [-0.2, 0) is 13.2 Å². The molecule has 0 aliphatic heterocycles. The van der Waals surface area contributed by atoms with Crippen molar-refractivity contribution in [2.75, 3.05) is 0 Å². The van der Waals surface area contributed by atoms with E-state index in [1.165, 1.54) is 29.1 Å². The Morgan fingerprint density at radius 1 is 1.24 bits per heavy atom. The van der Waals surface area contributed by atoms with Crippen molar-refractivity contribution in [3.05, 3.63) is 52.6 Å².